The number of halogens is 2. The van der Waals surface area contributed by atoms with Crippen molar-refractivity contribution in [1.82, 2.24) is 14.8 Å². The van der Waals surface area contributed by atoms with E-state index in [1.54, 1.807) is 4.90 Å². The fourth-order valence-corrected chi connectivity index (χ4v) is 4.19. The first kappa shape index (κ1) is 23.7. The first-order chi connectivity index (χ1) is 14.7. The van der Waals surface area contributed by atoms with Crippen LogP contribution >= 0.6 is 23.2 Å². The van der Waals surface area contributed by atoms with E-state index in [2.05, 4.69) is 9.88 Å². The maximum Gasteiger partial charge on any atom is 0.269 e. The van der Waals surface area contributed by atoms with Crippen LogP contribution in [0.15, 0.2) is 36.5 Å². The number of carbonyl (C=O) groups excluding carboxylic acids is 1. The van der Waals surface area contributed by atoms with Crippen LogP contribution in [0.5, 0.6) is 5.88 Å². The molecule has 1 fully saturated rings. The van der Waals surface area contributed by atoms with Gasteiger partial charge in [0.1, 0.15) is 5.75 Å². The first-order valence-electron chi connectivity index (χ1n) is 9.66. The number of aromatic nitrogens is 1. The molecule has 2 heterocycles. The molecule has 1 aliphatic heterocycles. The number of hydrogen-bond acceptors (Lipinski definition) is 6. The van der Waals surface area contributed by atoms with E-state index in [1.165, 1.54) is 17.8 Å². The van der Waals surface area contributed by atoms with Crippen LogP contribution in [0.2, 0.25) is 10.0 Å². The molecule has 1 saturated heterocycles. The van der Waals surface area contributed by atoms with E-state index in [0.717, 1.165) is 31.1 Å². The quantitative estimate of drug-likeness (QED) is 0.570. The van der Waals surface area contributed by atoms with Gasteiger partial charge >= 0.3 is 0 Å². The molecule has 1 aliphatic rings. The lowest BCUT2D eigenvalue weighted by atomic mass is 10.1. The zero-order chi connectivity index (χ0) is 22.4. The smallest absolute Gasteiger partial charge is 0.269 e. The van der Waals surface area contributed by atoms with Crippen molar-refractivity contribution >= 4 is 39.2 Å². The van der Waals surface area contributed by atoms with Gasteiger partial charge in [-0.15, -0.1) is 0 Å². The summed E-state index contributed by atoms with van der Waals surface area (Å²) in [6, 6.07) is 9.12. The van der Waals surface area contributed by atoms with Gasteiger partial charge in [0.05, 0.1) is 5.02 Å². The van der Waals surface area contributed by atoms with Crippen molar-refractivity contribution in [3.8, 4) is 5.88 Å². The lowest BCUT2D eigenvalue weighted by molar-refractivity contribution is -0.135. The fraction of sp³-hybridized carbons (Fsp3) is 0.400. The molecule has 11 heteroatoms. The van der Waals surface area contributed by atoms with Gasteiger partial charge in [-0.05, 0) is 30.2 Å². The molecule has 1 aromatic carbocycles. The second-order valence-corrected chi connectivity index (χ2v) is 9.56. The summed E-state index contributed by atoms with van der Waals surface area (Å²) in [5.74, 6) is -0.958. The third-order valence-electron chi connectivity index (χ3n) is 4.92. The average Bonchev–Trinajstić information content (AvgIpc) is 2.72. The maximum atomic E-state index is 12.5. The van der Waals surface area contributed by atoms with E-state index in [1.807, 2.05) is 24.3 Å². The van der Waals surface area contributed by atoms with Crippen LogP contribution in [-0.4, -0.2) is 73.0 Å². The minimum atomic E-state index is -4.30. The molecule has 2 aromatic rings. The standard InChI is InChI=1S/C20H23Cl2N3O5S/c21-17-3-1-15(2-4-17)5-6-24-7-9-25(10-8-24)19(26)13-30-20-16(14-31(27,28)29)11-18(22)12-23-20/h1-4,11-12H,5-10,13-14H2,(H,27,28,29). The molecule has 0 spiro atoms. The summed E-state index contributed by atoms with van der Waals surface area (Å²) in [6.07, 6.45) is 2.20. The highest BCUT2D eigenvalue weighted by Crippen LogP contribution is 2.22. The van der Waals surface area contributed by atoms with Gasteiger partial charge in [0.15, 0.2) is 6.61 Å². The number of nitrogens with zero attached hydrogens (tertiary/aromatic N) is 3. The van der Waals surface area contributed by atoms with Crippen molar-refractivity contribution in [3.63, 3.8) is 0 Å². The summed E-state index contributed by atoms with van der Waals surface area (Å²) in [7, 11) is -4.30. The molecule has 1 aromatic heterocycles. The SMILES string of the molecule is O=C(COc1ncc(Cl)cc1CS(=O)(=O)O)N1CCN(CCc2ccc(Cl)cc2)CC1. The molecule has 0 atom stereocenters. The van der Waals surface area contributed by atoms with Gasteiger partial charge < -0.3 is 9.64 Å². The Bertz CT molecular complexity index is 1010. The molecule has 31 heavy (non-hydrogen) atoms. The Kier molecular flexibility index (Phi) is 8.12. The topological polar surface area (TPSA) is 100 Å². The Labute approximate surface area is 191 Å². The van der Waals surface area contributed by atoms with Gasteiger partial charge in [0, 0.05) is 49.5 Å². The van der Waals surface area contributed by atoms with Crippen LogP contribution in [0.4, 0.5) is 0 Å². The summed E-state index contributed by atoms with van der Waals surface area (Å²) in [4.78, 5) is 20.4. The Morgan fingerprint density at radius 3 is 2.42 bits per heavy atom. The lowest BCUT2D eigenvalue weighted by Crippen LogP contribution is -2.50. The largest absolute Gasteiger partial charge is 0.467 e. The third-order valence-corrected chi connectivity index (χ3v) is 6.05. The number of carbonyl (C=O) groups is 1. The molecule has 0 unspecified atom stereocenters. The zero-order valence-corrected chi connectivity index (χ0v) is 19.0. The number of hydrogen-bond donors (Lipinski definition) is 1. The average molecular weight is 488 g/mol. The van der Waals surface area contributed by atoms with E-state index < -0.39 is 15.9 Å². The van der Waals surface area contributed by atoms with Crippen molar-refractivity contribution in [1.29, 1.82) is 0 Å². The molecule has 8 nitrogen and oxygen atoms in total. The first-order valence-corrected chi connectivity index (χ1v) is 12.0. The molecule has 0 aliphatic carbocycles. The lowest BCUT2D eigenvalue weighted by Gasteiger charge is -2.34. The van der Waals surface area contributed by atoms with Crippen molar-refractivity contribution < 1.29 is 22.5 Å². The number of piperazine rings is 1. The van der Waals surface area contributed by atoms with Crippen LogP contribution in [0.3, 0.4) is 0 Å². The molecule has 1 amide bonds. The molecular formula is C20H23Cl2N3O5S. The van der Waals surface area contributed by atoms with Crippen molar-refractivity contribution in [2.24, 2.45) is 0 Å². The van der Waals surface area contributed by atoms with Crippen molar-refractivity contribution in [2.45, 2.75) is 12.2 Å². The van der Waals surface area contributed by atoms with Gasteiger partial charge in [-0.3, -0.25) is 14.2 Å². The minimum absolute atomic E-state index is 0.0445. The highest BCUT2D eigenvalue weighted by atomic mass is 35.5. The highest BCUT2D eigenvalue weighted by molar-refractivity contribution is 7.85. The molecule has 0 bridgehead atoms. The third kappa shape index (κ3) is 7.62. The predicted molar refractivity (Wildman–Crippen MR) is 118 cm³/mol. The normalized spacial score (nSPS) is 15.1. The number of pyridine rings is 1. The van der Waals surface area contributed by atoms with Crippen LogP contribution < -0.4 is 4.74 Å². The Morgan fingerprint density at radius 2 is 1.77 bits per heavy atom. The minimum Gasteiger partial charge on any atom is -0.467 e. The second kappa shape index (κ2) is 10.6. The van der Waals surface area contributed by atoms with Gasteiger partial charge in [-0.2, -0.15) is 8.42 Å². The predicted octanol–water partition coefficient (Wildman–Crippen LogP) is 2.54. The molecule has 0 radical (unpaired) electrons. The van der Waals surface area contributed by atoms with E-state index in [-0.39, 0.29) is 29.0 Å². The summed E-state index contributed by atoms with van der Waals surface area (Å²) < 4.78 is 36.9. The number of amides is 1. The number of ether oxygens (including phenoxy) is 1. The molecular weight excluding hydrogens is 465 g/mol. The number of benzene rings is 1. The van der Waals surface area contributed by atoms with Crippen LogP contribution in [0.1, 0.15) is 11.1 Å². The van der Waals surface area contributed by atoms with Gasteiger partial charge in [-0.1, -0.05) is 35.3 Å². The Hall–Kier alpha value is -1.91. The molecule has 0 saturated carbocycles. The van der Waals surface area contributed by atoms with Gasteiger partial charge in [0.2, 0.25) is 5.88 Å². The Morgan fingerprint density at radius 1 is 1.10 bits per heavy atom. The van der Waals surface area contributed by atoms with E-state index in [0.29, 0.717) is 13.1 Å². The summed E-state index contributed by atoms with van der Waals surface area (Å²) >= 11 is 11.7. The Balaban J connectivity index is 1.46. The zero-order valence-electron chi connectivity index (χ0n) is 16.7. The van der Waals surface area contributed by atoms with E-state index >= 15 is 0 Å². The van der Waals surface area contributed by atoms with E-state index in [4.69, 9.17) is 32.5 Å². The second-order valence-electron chi connectivity index (χ2n) is 7.23. The fourth-order valence-electron chi connectivity index (χ4n) is 3.28. The molecule has 168 valence electrons. The van der Waals surface area contributed by atoms with Crippen molar-refractivity contribution in [3.05, 3.63) is 57.7 Å². The van der Waals surface area contributed by atoms with Crippen LogP contribution in [0, 0.1) is 0 Å². The van der Waals surface area contributed by atoms with Crippen LogP contribution in [0.25, 0.3) is 0 Å². The summed E-state index contributed by atoms with van der Waals surface area (Å²) in [5.41, 5.74) is 1.31. The van der Waals surface area contributed by atoms with Crippen LogP contribution in [-0.2, 0) is 27.1 Å². The summed E-state index contributed by atoms with van der Waals surface area (Å²) in [5, 5.41) is 0.920. The summed E-state index contributed by atoms with van der Waals surface area (Å²) in [6.45, 7) is 3.29. The van der Waals surface area contributed by atoms with Crippen molar-refractivity contribution in [2.75, 3.05) is 39.3 Å². The van der Waals surface area contributed by atoms with Gasteiger partial charge in [0.25, 0.3) is 16.0 Å². The van der Waals surface area contributed by atoms with E-state index in [9.17, 15) is 13.2 Å². The van der Waals surface area contributed by atoms with Gasteiger partial charge in [-0.25, -0.2) is 4.98 Å². The highest BCUT2D eigenvalue weighted by Gasteiger charge is 2.22. The maximum absolute atomic E-state index is 12.5. The molecule has 3 rings (SSSR count). The number of rotatable bonds is 8. The monoisotopic (exact) mass is 487 g/mol. The molecule has 1 N–H and O–H groups in total.